The Morgan fingerprint density at radius 1 is 1.15 bits per heavy atom. The van der Waals surface area contributed by atoms with E-state index in [-0.39, 0.29) is 42.4 Å². The van der Waals surface area contributed by atoms with Gasteiger partial charge in [0.25, 0.3) is 11.8 Å². The monoisotopic (exact) mass is 560 g/mol. The maximum absolute atomic E-state index is 13.8. The van der Waals surface area contributed by atoms with Gasteiger partial charge in [-0.3, -0.25) is 19.2 Å². The number of carboxylic acid groups (broad SMARTS) is 1. The van der Waals surface area contributed by atoms with E-state index in [0.29, 0.717) is 31.9 Å². The van der Waals surface area contributed by atoms with Crippen molar-refractivity contribution in [2.75, 3.05) is 19.6 Å². The molecule has 1 aliphatic heterocycles. The van der Waals surface area contributed by atoms with Crippen LogP contribution in [0.1, 0.15) is 73.5 Å². The van der Waals surface area contributed by atoms with E-state index in [1.165, 1.54) is 15.6 Å². The molecule has 2 heterocycles. The lowest BCUT2D eigenvalue weighted by molar-refractivity contribution is -0.138. The van der Waals surface area contributed by atoms with Crippen molar-refractivity contribution in [2.45, 2.75) is 75.5 Å². The Morgan fingerprint density at radius 2 is 1.87 bits per heavy atom. The molecule has 1 atom stereocenters. The summed E-state index contributed by atoms with van der Waals surface area (Å²) in [7, 11) is 0. The van der Waals surface area contributed by atoms with Crippen molar-refractivity contribution < 1.29 is 41.0 Å². The third kappa shape index (κ3) is 7.31. The van der Waals surface area contributed by atoms with Gasteiger partial charge in [-0.1, -0.05) is 12.8 Å². The summed E-state index contributed by atoms with van der Waals surface area (Å²) in [4.78, 5) is 26.1. The molecule has 1 aliphatic carbocycles. The fourth-order valence-electron chi connectivity index (χ4n) is 5.38. The quantitative estimate of drug-likeness (QED) is 0.395. The van der Waals surface area contributed by atoms with Crippen molar-refractivity contribution in [1.82, 2.24) is 20.0 Å². The molecule has 4 rings (SSSR count). The van der Waals surface area contributed by atoms with Crippen molar-refractivity contribution >= 4 is 11.9 Å². The number of carbonyl (C=O) groups is 2. The third-order valence-electron chi connectivity index (χ3n) is 7.22. The van der Waals surface area contributed by atoms with Crippen LogP contribution in [0.5, 0.6) is 0 Å². The highest BCUT2D eigenvalue weighted by atomic mass is 19.4. The molecular formula is C26H30F6N4O3. The van der Waals surface area contributed by atoms with Crippen LogP contribution in [0, 0.1) is 5.82 Å². The number of carbonyl (C=O) groups excluding carboxylic acids is 1. The van der Waals surface area contributed by atoms with E-state index in [0.717, 1.165) is 25.0 Å². The van der Waals surface area contributed by atoms with E-state index >= 15 is 0 Å². The molecule has 1 aromatic carbocycles. The van der Waals surface area contributed by atoms with Crippen molar-refractivity contribution in [3.63, 3.8) is 0 Å². The third-order valence-corrected chi connectivity index (χ3v) is 7.22. The number of rotatable bonds is 9. The Labute approximate surface area is 221 Å². The van der Waals surface area contributed by atoms with Gasteiger partial charge in [0.15, 0.2) is 5.69 Å². The van der Waals surface area contributed by atoms with Crippen LogP contribution in [0.4, 0.5) is 26.3 Å². The Bertz CT molecular complexity index is 1190. The molecule has 1 aromatic heterocycles. The summed E-state index contributed by atoms with van der Waals surface area (Å²) in [6.07, 6.45) is -2.22. The van der Waals surface area contributed by atoms with Crippen LogP contribution in [0.25, 0.3) is 11.3 Å². The zero-order valence-electron chi connectivity index (χ0n) is 21.1. The Balaban J connectivity index is 1.59. The lowest BCUT2D eigenvalue weighted by Crippen LogP contribution is -2.45. The van der Waals surface area contributed by atoms with E-state index in [1.807, 2.05) is 0 Å². The minimum Gasteiger partial charge on any atom is -0.481 e. The summed E-state index contributed by atoms with van der Waals surface area (Å²) in [5.74, 6) is -5.89. The van der Waals surface area contributed by atoms with E-state index in [9.17, 15) is 41.0 Å². The van der Waals surface area contributed by atoms with Crippen LogP contribution in [0.3, 0.4) is 0 Å². The number of amides is 1. The highest BCUT2D eigenvalue weighted by molar-refractivity contribution is 5.94. The number of hydrogen-bond donors (Lipinski definition) is 2. The van der Waals surface area contributed by atoms with Crippen LogP contribution in [0.15, 0.2) is 24.3 Å². The molecule has 2 aromatic rings. The zero-order valence-corrected chi connectivity index (χ0v) is 21.1. The van der Waals surface area contributed by atoms with Gasteiger partial charge < -0.3 is 10.4 Å². The van der Waals surface area contributed by atoms with Gasteiger partial charge in [-0.05, 0) is 56.5 Å². The van der Waals surface area contributed by atoms with Gasteiger partial charge in [0.05, 0.1) is 30.3 Å². The standard InChI is InChI=1S/C26H30F6N4O3/c27-16-6-7-19(20(12-16)26(30,31)32)22-14-21(34-36(22)18-4-1-2-5-18)24(39)33-17(13-23(37)38)8-11-35-10-3-9-25(28,29)15-35/h6-7,12,14,17-18H,1-5,8-11,13,15H2,(H,33,39)(H,37,38)/t17-/m0/s1. The zero-order chi connectivity index (χ0) is 28.4. The van der Waals surface area contributed by atoms with Gasteiger partial charge in [-0.15, -0.1) is 0 Å². The molecule has 0 radical (unpaired) electrons. The first kappa shape index (κ1) is 28.9. The molecule has 39 heavy (non-hydrogen) atoms. The molecule has 2 N–H and O–H groups in total. The molecule has 7 nitrogen and oxygen atoms in total. The van der Waals surface area contributed by atoms with E-state index < -0.39 is 54.4 Å². The largest absolute Gasteiger partial charge is 0.481 e. The van der Waals surface area contributed by atoms with E-state index in [1.54, 1.807) is 0 Å². The van der Waals surface area contributed by atoms with Crippen LogP contribution in [-0.4, -0.2) is 63.3 Å². The SMILES string of the molecule is O=C(O)C[C@H](CCN1CCCC(F)(F)C1)NC(=O)c1cc(-c2ccc(F)cc2C(F)(F)F)n(C2CCCC2)n1. The Morgan fingerprint density at radius 3 is 2.51 bits per heavy atom. The summed E-state index contributed by atoms with van der Waals surface area (Å²) in [6.45, 7) is 0.118. The average molecular weight is 561 g/mol. The van der Waals surface area contributed by atoms with Gasteiger partial charge in [-0.25, -0.2) is 13.2 Å². The number of carboxylic acids is 1. The normalized spacial score (nSPS) is 19.2. The highest BCUT2D eigenvalue weighted by Gasteiger charge is 2.37. The molecule has 0 bridgehead atoms. The lowest BCUT2D eigenvalue weighted by atomic mass is 10.0. The minimum atomic E-state index is -4.86. The second-order valence-electron chi connectivity index (χ2n) is 10.3. The molecular weight excluding hydrogens is 530 g/mol. The predicted molar refractivity (Wildman–Crippen MR) is 129 cm³/mol. The number of halogens is 6. The van der Waals surface area contributed by atoms with Gasteiger partial charge in [0.1, 0.15) is 5.82 Å². The molecule has 2 fully saturated rings. The maximum atomic E-state index is 13.8. The summed E-state index contributed by atoms with van der Waals surface area (Å²) in [6, 6.07) is 2.32. The first-order chi connectivity index (χ1) is 18.3. The summed E-state index contributed by atoms with van der Waals surface area (Å²) in [5.41, 5.74) is -1.73. The molecule has 214 valence electrons. The number of nitrogens with zero attached hydrogens (tertiary/aromatic N) is 3. The molecule has 0 spiro atoms. The Kier molecular flexibility index (Phi) is 8.57. The van der Waals surface area contributed by atoms with Crippen LogP contribution < -0.4 is 5.32 Å². The summed E-state index contributed by atoms with van der Waals surface area (Å²) in [5, 5.41) is 16.2. The van der Waals surface area contributed by atoms with Gasteiger partial charge in [-0.2, -0.15) is 18.3 Å². The first-order valence-electron chi connectivity index (χ1n) is 12.9. The number of alkyl halides is 5. The predicted octanol–water partition coefficient (Wildman–Crippen LogP) is 5.52. The smallest absolute Gasteiger partial charge is 0.417 e. The molecule has 1 saturated heterocycles. The highest BCUT2D eigenvalue weighted by Crippen LogP contribution is 2.40. The number of hydrogen-bond acceptors (Lipinski definition) is 4. The molecule has 1 amide bonds. The summed E-state index contributed by atoms with van der Waals surface area (Å²) >= 11 is 0. The van der Waals surface area contributed by atoms with Crippen LogP contribution >= 0.6 is 0 Å². The number of aliphatic carboxylic acids is 1. The second-order valence-corrected chi connectivity index (χ2v) is 10.3. The number of likely N-dealkylation sites (tertiary alicyclic amines) is 1. The van der Waals surface area contributed by atoms with Crippen molar-refractivity contribution in [2.24, 2.45) is 0 Å². The second kappa shape index (κ2) is 11.6. The molecule has 2 aliphatic rings. The number of aromatic nitrogens is 2. The molecule has 13 heteroatoms. The lowest BCUT2D eigenvalue weighted by Gasteiger charge is -2.33. The number of benzene rings is 1. The number of nitrogens with one attached hydrogen (secondary N) is 1. The van der Waals surface area contributed by atoms with Crippen molar-refractivity contribution in [3.05, 3.63) is 41.3 Å². The first-order valence-corrected chi connectivity index (χ1v) is 12.9. The molecule has 1 saturated carbocycles. The van der Waals surface area contributed by atoms with Crippen molar-refractivity contribution in [1.29, 1.82) is 0 Å². The Hall–Kier alpha value is -3.09. The van der Waals surface area contributed by atoms with Crippen LogP contribution in [0.2, 0.25) is 0 Å². The number of piperidine rings is 1. The average Bonchev–Trinajstić information content (AvgIpc) is 3.51. The van der Waals surface area contributed by atoms with Gasteiger partial charge in [0, 0.05) is 24.6 Å². The van der Waals surface area contributed by atoms with E-state index in [4.69, 9.17) is 0 Å². The van der Waals surface area contributed by atoms with Crippen LogP contribution in [-0.2, 0) is 11.0 Å². The topological polar surface area (TPSA) is 87.5 Å². The minimum absolute atomic E-state index is 0.00436. The fourth-order valence-corrected chi connectivity index (χ4v) is 5.38. The van der Waals surface area contributed by atoms with Gasteiger partial charge in [0.2, 0.25) is 0 Å². The van der Waals surface area contributed by atoms with Crippen molar-refractivity contribution in [3.8, 4) is 11.3 Å². The molecule has 0 unspecified atom stereocenters. The van der Waals surface area contributed by atoms with E-state index in [2.05, 4.69) is 10.4 Å². The maximum Gasteiger partial charge on any atom is 0.417 e. The summed E-state index contributed by atoms with van der Waals surface area (Å²) < 4.78 is 84.0. The van der Waals surface area contributed by atoms with Gasteiger partial charge >= 0.3 is 12.1 Å². The fraction of sp³-hybridized carbons (Fsp3) is 0.577.